The van der Waals surface area contributed by atoms with Crippen LogP contribution in [0, 0.1) is 0 Å². The molecule has 1 aliphatic rings. The van der Waals surface area contributed by atoms with Gasteiger partial charge in [-0.1, -0.05) is 47.3 Å². The Morgan fingerprint density at radius 3 is 2.28 bits per heavy atom. The third-order valence-corrected chi connectivity index (χ3v) is 6.34. The maximum absolute atomic E-state index is 13.1. The number of amides is 2. The summed E-state index contributed by atoms with van der Waals surface area (Å²) in [6.45, 7) is 1.96. The number of methoxy groups -OCH3 is 1. The van der Waals surface area contributed by atoms with Crippen LogP contribution in [-0.2, 0) is 16.1 Å². The Morgan fingerprint density at radius 1 is 1.03 bits per heavy atom. The number of nitrogens with one attached hydrogen (secondary N) is 1. The van der Waals surface area contributed by atoms with Gasteiger partial charge in [-0.25, -0.2) is 0 Å². The molecule has 1 aliphatic carbocycles. The maximum Gasteiger partial charge on any atom is 0.261 e. The molecule has 0 aromatic heterocycles. The Morgan fingerprint density at radius 2 is 1.66 bits per heavy atom. The summed E-state index contributed by atoms with van der Waals surface area (Å²) in [5.74, 6) is 0.928. The van der Waals surface area contributed by atoms with Gasteiger partial charge in [-0.05, 0) is 61.7 Å². The van der Waals surface area contributed by atoms with E-state index in [1.165, 1.54) is 6.42 Å². The summed E-state index contributed by atoms with van der Waals surface area (Å²) in [4.78, 5) is 27.7. The monoisotopic (exact) mass is 502 g/mol. The number of benzene rings is 2. The first kappa shape index (κ1) is 24.1. The standard InChI is InChI=1S/C25H31BrN2O4/c1-18(25(30)27-21-6-4-3-5-7-21)28(16-19-8-10-20(26)11-9-19)24(29)17-32-23-14-12-22(31-2)13-15-23/h8-15,18,21H,3-7,16-17H2,1-2H3,(H,27,30)/t18-/m1/s1. The first-order chi connectivity index (χ1) is 15.5. The van der Waals surface area contributed by atoms with Crippen LogP contribution in [0.15, 0.2) is 53.0 Å². The van der Waals surface area contributed by atoms with Crippen molar-refractivity contribution in [2.45, 2.75) is 57.7 Å². The van der Waals surface area contributed by atoms with Crippen molar-refractivity contribution in [2.24, 2.45) is 0 Å². The average Bonchev–Trinajstić information content (AvgIpc) is 2.82. The predicted octanol–water partition coefficient (Wildman–Crippen LogP) is 4.70. The van der Waals surface area contributed by atoms with E-state index in [0.717, 1.165) is 35.7 Å². The van der Waals surface area contributed by atoms with Crippen molar-refractivity contribution in [3.8, 4) is 11.5 Å². The van der Waals surface area contributed by atoms with Crippen molar-refractivity contribution < 1.29 is 19.1 Å². The Labute approximate surface area is 198 Å². The number of hydrogen-bond acceptors (Lipinski definition) is 4. The summed E-state index contributed by atoms with van der Waals surface area (Å²) >= 11 is 3.44. The van der Waals surface area contributed by atoms with E-state index < -0.39 is 6.04 Å². The second-order valence-electron chi connectivity index (χ2n) is 8.13. The van der Waals surface area contributed by atoms with Gasteiger partial charge in [-0.3, -0.25) is 9.59 Å². The van der Waals surface area contributed by atoms with Crippen LogP contribution in [0.4, 0.5) is 0 Å². The molecule has 32 heavy (non-hydrogen) atoms. The van der Waals surface area contributed by atoms with E-state index in [-0.39, 0.29) is 24.5 Å². The molecule has 0 saturated heterocycles. The molecule has 0 spiro atoms. The molecule has 172 valence electrons. The molecule has 2 amide bonds. The highest BCUT2D eigenvalue weighted by atomic mass is 79.9. The lowest BCUT2D eigenvalue weighted by molar-refractivity contribution is -0.142. The molecule has 3 rings (SSSR count). The first-order valence-corrected chi connectivity index (χ1v) is 11.9. The largest absolute Gasteiger partial charge is 0.497 e. The minimum Gasteiger partial charge on any atom is -0.497 e. The summed E-state index contributed by atoms with van der Waals surface area (Å²) in [5, 5.41) is 3.14. The van der Waals surface area contributed by atoms with Gasteiger partial charge in [0.2, 0.25) is 5.91 Å². The highest BCUT2D eigenvalue weighted by Crippen LogP contribution is 2.20. The van der Waals surface area contributed by atoms with Crippen LogP contribution in [0.2, 0.25) is 0 Å². The van der Waals surface area contributed by atoms with E-state index in [2.05, 4.69) is 21.2 Å². The Hall–Kier alpha value is -2.54. The molecule has 0 aliphatic heterocycles. The number of carbonyl (C=O) groups is 2. The van der Waals surface area contributed by atoms with Crippen molar-refractivity contribution in [1.82, 2.24) is 10.2 Å². The maximum atomic E-state index is 13.1. The second kappa shape index (κ2) is 11.9. The Bertz CT molecular complexity index is 880. The lowest BCUT2D eigenvalue weighted by Crippen LogP contribution is -2.51. The van der Waals surface area contributed by atoms with Crippen molar-refractivity contribution in [2.75, 3.05) is 13.7 Å². The molecule has 1 saturated carbocycles. The number of hydrogen-bond donors (Lipinski definition) is 1. The number of carbonyl (C=O) groups excluding carboxylic acids is 2. The molecule has 0 radical (unpaired) electrons. The van der Waals surface area contributed by atoms with Crippen molar-refractivity contribution in [3.63, 3.8) is 0 Å². The third-order valence-electron chi connectivity index (χ3n) is 5.81. The lowest BCUT2D eigenvalue weighted by Gasteiger charge is -2.31. The lowest BCUT2D eigenvalue weighted by atomic mass is 9.95. The van der Waals surface area contributed by atoms with Crippen molar-refractivity contribution >= 4 is 27.7 Å². The van der Waals surface area contributed by atoms with E-state index in [1.54, 1.807) is 43.2 Å². The van der Waals surface area contributed by atoms with Crippen molar-refractivity contribution in [1.29, 1.82) is 0 Å². The zero-order chi connectivity index (χ0) is 22.9. The van der Waals surface area contributed by atoms with Gasteiger partial charge >= 0.3 is 0 Å². The van der Waals surface area contributed by atoms with Gasteiger partial charge in [-0.2, -0.15) is 0 Å². The molecule has 0 bridgehead atoms. The number of rotatable bonds is 9. The smallest absolute Gasteiger partial charge is 0.261 e. The fraction of sp³-hybridized carbons (Fsp3) is 0.440. The van der Waals surface area contributed by atoms with E-state index in [0.29, 0.717) is 18.0 Å². The van der Waals surface area contributed by atoms with Gasteiger partial charge < -0.3 is 19.7 Å². The minimum absolute atomic E-state index is 0.119. The topological polar surface area (TPSA) is 67.9 Å². The average molecular weight is 503 g/mol. The van der Waals surface area contributed by atoms with Crippen LogP contribution in [0.3, 0.4) is 0 Å². The highest BCUT2D eigenvalue weighted by Gasteiger charge is 2.28. The van der Waals surface area contributed by atoms with Gasteiger partial charge in [0.1, 0.15) is 17.5 Å². The second-order valence-corrected chi connectivity index (χ2v) is 9.05. The fourth-order valence-corrected chi connectivity index (χ4v) is 4.10. The van der Waals surface area contributed by atoms with Gasteiger partial charge in [0.05, 0.1) is 7.11 Å². The van der Waals surface area contributed by atoms with Crippen LogP contribution < -0.4 is 14.8 Å². The van der Waals surface area contributed by atoms with E-state index >= 15 is 0 Å². The van der Waals surface area contributed by atoms with Crippen LogP contribution in [0.25, 0.3) is 0 Å². The molecule has 1 fully saturated rings. The van der Waals surface area contributed by atoms with E-state index in [4.69, 9.17) is 9.47 Å². The van der Waals surface area contributed by atoms with Crippen molar-refractivity contribution in [3.05, 3.63) is 58.6 Å². The molecule has 2 aromatic rings. The molecule has 0 unspecified atom stereocenters. The number of ether oxygens (including phenoxy) is 2. The van der Waals surface area contributed by atoms with Crippen LogP contribution >= 0.6 is 15.9 Å². The van der Waals surface area contributed by atoms with Crippen LogP contribution in [0.1, 0.15) is 44.6 Å². The van der Waals surface area contributed by atoms with E-state index in [9.17, 15) is 9.59 Å². The number of halogens is 1. The van der Waals surface area contributed by atoms with E-state index in [1.807, 2.05) is 24.3 Å². The molecule has 0 heterocycles. The zero-order valence-electron chi connectivity index (χ0n) is 18.7. The van der Waals surface area contributed by atoms with Crippen LogP contribution in [0.5, 0.6) is 11.5 Å². The fourth-order valence-electron chi connectivity index (χ4n) is 3.84. The summed E-state index contributed by atoms with van der Waals surface area (Å²) in [5.41, 5.74) is 0.948. The highest BCUT2D eigenvalue weighted by molar-refractivity contribution is 9.10. The predicted molar refractivity (Wildman–Crippen MR) is 128 cm³/mol. The summed E-state index contributed by atoms with van der Waals surface area (Å²) < 4.78 is 11.8. The molecule has 7 heteroatoms. The van der Waals surface area contributed by atoms with Crippen LogP contribution in [-0.4, -0.2) is 42.5 Å². The first-order valence-electron chi connectivity index (χ1n) is 11.1. The molecule has 1 atom stereocenters. The minimum atomic E-state index is -0.604. The summed E-state index contributed by atoms with van der Waals surface area (Å²) in [7, 11) is 1.60. The van der Waals surface area contributed by atoms with Gasteiger partial charge in [0.15, 0.2) is 6.61 Å². The molecule has 6 nitrogen and oxygen atoms in total. The molecule has 2 aromatic carbocycles. The summed E-state index contributed by atoms with van der Waals surface area (Å²) in [6.07, 6.45) is 5.49. The van der Waals surface area contributed by atoms with Gasteiger partial charge in [0.25, 0.3) is 5.91 Å². The van der Waals surface area contributed by atoms with Gasteiger partial charge in [0, 0.05) is 17.1 Å². The molecule has 1 N–H and O–H groups in total. The zero-order valence-corrected chi connectivity index (χ0v) is 20.3. The van der Waals surface area contributed by atoms with Gasteiger partial charge in [-0.15, -0.1) is 0 Å². The molecular weight excluding hydrogens is 472 g/mol. The quantitative estimate of drug-likeness (QED) is 0.539. The Balaban J connectivity index is 1.68. The Kier molecular flexibility index (Phi) is 8.97. The normalized spacial score (nSPS) is 15.0. The summed E-state index contributed by atoms with van der Waals surface area (Å²) in [6, 6.07) is 14.4. The number of nitrogens with zero attached hydrogens (tertiary/aromatic N) is 1. The molecular formula is C25H31BrN2O4. The SMILES string of the molecule is COc1ccc(OCC(=O)N(Cc2ccc(Br)cc2)[C@H](C)C(=O)NC2CCCCC2)cc1. The third kappa shape index (κ3) is 6.99.